The van der Waals surface area contributed by atoms with Crippen LogP contribution in [0, 0.1) is 0 Å². The van der Waals surface area contributed by atoms with Crippen LogP contribution in [-0.2, 0) is 86.1 Å². The van der Waals surface area contributed by atoms with Crippen LogP contribution in [0.5, 0.6) is 23.0 Å². The summed E-state index contributed by atoms with van der Waals surface area (Å²) in [4.78, 5) is 45.2. The SMILES string of the molecule is CC(C)(C)c1cc(C(C)(C)CC(C)(C)c2ccc(OCO)cc2)cc(C(C)(C)CC(C)(C)c2ccc(OCO)cc2)c1.CC(C)(C)c1cc(C(C)(C)CC(C)(C)c2ccc(OCO)cc2)cc(C(C)(C)CC(C)(C)c2ccc(OCOC(=O)Nc3ccc(Cc4ccc(NC=O)cc4)cc3)cc2)c1.O=CNc1ccc(Cc2ccc(NC(=O)OCCCCO)cc2)cc1. The Kier molecular flexibility index (Phi) is 35.6. The molecule has 0 bridgehead atoms. The third-order valence-corrected chi connectivity index (χ3v) is 24.3. The Morgan fingerprint density at radius 1 is 0.281 bits per heavy atom. The van der Waals surface area contributed by atoms with Gasteiger partial charge in [0.05, 0.1) is 6.61 Å². The summed E-state index contributed by atoms with van der Waals surface area (Å²) in [5.41, 5.74) is 19.5. The van der Waals surface area contributed by atoms with Crippen LogP contribution in [0.2, 0.25) is 0 Å². The monoisotopic (exact) mass is 1740 g/mol. The Bertz CT molecular complexity index is 5060. The lowest BCUT2D eigenvalue weighted by molar-refractivity contribution is -0.106. The highest BCUT2D eigenvalue weighted by Crippen LogP contribution is 2.48. The highest BCUT2D eigenvalue weighted by Gasteiger charge is 2.39. The molecule has 18 heteroatoms. The normalized spacial score (nSPS) is 12.2. The second-order valence-corrected chi connectivity index (χ2v) is 41.0. The standard InChI is InChI=1S/C53H66N2O6.C38H54O4.C19H22N2O4/c1-49(2,3)41-29-42(52(8,9)32-50(4,5)39-16-24-46(25-17-39)59-35-57)31-43(30-41)53(10,11)33-51(6,7)40-18-26-47(27-19-40)60-36-61-48(58)55-45-22-14-38(15-23-45)28-37-12-20-44(21-13-37)54-34-56;1-34(2,3)29-20-30(37(8,9)23-35(4,5)27-12-16-32(17-13-27)41-25-39)22-31(21-29)38(10,11)24-36(6,7)28-14-18-33(19-15-28)42-26-40;22-11-1-2-12-25-19(24)21-18-9-5-16(6-10-18)13-15-3-7-17(8-4-15)20-14-23/h12-27,29-31,34,57H,28,32-33,35-36H2,1-11H3,(H,54,56)(H,55,58);12-22,39-40H,23-26H2,1-11H3;3-10,14,22H,1-2,11-13H2,(H,20,23)(H,21,24). The number of rotatable bonds is 39. The van der Waals surface area contributed by atoms with Crippen molar-refractivity contribution in [3.63, 3.8) is 0 Å². The highest BCUT2D eigenvalue weighted by molar-refractivity contribution is 5.85. The summed E-state index contributed by atoms with van der Waals surface area (Å²) in [5, 5.41) is 46.7. The molecule has 18 nitrogen and oxygen atoms in total. The summed E-state index contributed by atoms with van der Waals surface area (Å²) < 4.78 is 31.9. The first kappa shape index (κ1) is 102. The summed E-state index contributed by atoms with van der Waals surface area (Å²) in [6, 6.07) is 77.4. The largest absolute Gasteiger partial charge is 0.468 e. The van der Waals surface area contributed by atoms with Gasteiger partial charge in [-0.15, -0.1) is 0 Å². The zero-order valence-corrected chi connectivity index (χ0v) is 79.9. The Balaban J connectivity index is 0.000000260. The van der Waals surface area contributed by atoms with E-state index in [9.17, 15) is 24.3 Å². The zero-order chi connectivity index (χ0) is 94.1. The quantitative estimate of drug-likeness (QED) is 0.0101. The molecule has 10 rings (SSSR count). The maximum Gasteiger partial charge on any atom is 0.414 e. The van der Waals surface area contributed by atoms with Crippen molar-refractivity contribution in [3.05, 3.63) is 308 Å². The molecule has 0 unspecified atom stereocenters. The fourth-order valence-electron chi connectivity index (χ4n) is 17.4. The first-order chi connectivity index (χ1) is 60.1. The molecule has 0 radical (unpaired) electrons. The molecule has 0 atom stereocenters. The van der Waals surface area contributed by atoms with Crippen LogP contribution in [0.25, 0.3) is 0 Å². The van der Waals surface area contributed by atoms with E-state index in [1.165, 1.54) is 55.6 Å². The van der Waals surface area contributed by atoms with E-state index < -0.39 is 12.2 Å². The van der Waals surface area contributed by atoms with Gasteiger partial charge < -0.3 is 59.5 Å². The van der Waals surface area contributed by atoms with Crippen molar-refractivity contribution >= 4 is 47.8 Å². The van der Waals surface area contributed by atoms with Crippen LogP contribution in [0.4, 0.5) is 32.3 Å². The number of carbonyl (C=O) groups is 4. The Labute approximate surface area is 762 Å². The fourth-order valence-corrected chi connectivity index (χ4v) is 17.4. The maximum atomic E-state index is 12.5. The molecule has 686 valence electrons. The number of hydrogen-bond acceptors (Lipinski definition) is 14. The Morgan fingerprint density at radius 3 is 0.758 bits per heavy atom. The van der Waals surface area contributed by atoms with Gasteiger partial charge in [-0.1, -0.05) is 286 Å². The van der Waals surface area contributed by atoms with Crippen molar-refractivity contribution in [2.24, 2.45) is 0 Å². The topological polar surface area (TPSA) is 253 Å². The zero-order valence-electron chi connectivity index (χ0n) is 79.9. The van der Waals surface area contributed by atoms with Gasteiger partial charge in [0, 0.05) is 29.4 Å². The van der Waals surface area contributed by atoms with Gasteiger partial charge in [0.25, 0.3) is 0 Å². The fraction of sp³-hybridized carbons (Fsp3) is 0.418. The van der Waals surface area contributed by atoms with E-state index in [2.05, 4.69) is 259 Å². The van der Waals surface area contributed by atoms with Crippen LogP contribution in [0.15, 0.2) is 231 Å². The van der Waals surface area contributed by atoms with Crippen molar-refractivity contribution in [2.45, 2.75) is 258 Å². The van der Waals surface area contributed by atoms with Gasteiger partial charge in [0.1, 0.15) is 23.0 Å². The number of ether oxygens (including phenoxy) is 6. The first-order valence-corrected chi connectivity index (χ1v) is 44.5. The molecule has 0 saturated carbocycles. The molecule has 0 heterocycles. The molecule has 0 saturated heterocycles. The number of nitrogens with one attached hydrogen (secondary N) is 4. The van der Waals surface area contributed by atoms with Crippen molar-refractivity contribution in [1.29, 1.82) is 0 Å². The predicted octanol–water partition coefficient (Wildman–Crippen LogP) is 24.4. The molecule has 10 aromatic rings. The van der Waals surface area contributed by atoms with Gasteiger partial charge in [-0.2, -0.15) is 0 Å². The molecule has 128 heavy (non-hydrogen) atoms. The Morgan fingerprint density at radius 2 is 0.516 bits per heavy atom. The molecular formula is C110H142N4O14. The third kappa shape index (κ3) is 30.7. The van der Waals surface area contributed by atoms with Gasteiger partial charge in [-0.3, -0.25) is 20.2 Å². The van der Waals surface area contributed by atoms with Gasteiger partial charge >= 0.3 is 12.2 Å². The number of hydrogen-bond donors (Lipinski definition) is 8. The van der Waals surface area contributed by atoms with E-state index in [4.69, 9.17) is 43.7 Å². The summed E-state index contributed by atoms with van der Waals surface area (Å²) in [7, 11) is 0. The van der Waals surface area contributed by atoms with E-state index in [-0.39, 0.29) is 87.9 Å². The number of aliphatic hydroxyl groups excluding tert-OH is 4. The molecule has 0 spiro atoms. The predicted molar refractivity (Wildman–Crippen MR) is 520 cm³/mol. The lowest BCUT2D eigenvalue weighted by Crippen LogP contribution is -2.32. The number of carbonyl (C=O) groups excluding carboxylic acids is 4. The van der Waals surface area contributed by atoms with Crippen LogP contribution >= 0.6 is 0 Å². The lowest BCUT2D eigenvalue weighted by atomic mass is 9.65. The first-order valence-electron chi connectivity index (χ1n) is 44.5. The minimum absolute atomic E-state index is 0.0209. The van der Waals surface area contributed by atoms with Crippen LogP contribution in [0.3, 0.4) is 0 Å². The average molecular weight is 1740 g/mol. The molecule has 8 N–H and O–H groups in total. The van der Waals surface area contributed by atoms with E-state index in [0.717, 1.165) is 72.2 Å². The van der Waals surface area contributed by atoms with E-state index >= 15 is 0 Å². The molecule has 0 aliphatic rings. The summed E-state index contributed by atoms with van der Waals surface area (Å²) >= 11 is 0. The van der Waals surface area contributed by atoms with Gasteiger partial charge in [0.15, 0.2) is 20.4 Å². The molecule has 0 aromatic heterocycles. The molecule has 4 amide bonds. The third-order valence-electron chi connectivity index (χ3n) is 24.3. The number of unbranched alkanes of at least 4 members (excludes halogenated alkanes) is 1. The minimum atomic E-state index is -0.600. The van der Waals surface area contributed by atoms with E-state index in [1.807, 2.05) is 146 Å². The van der Waals surface area contributed by atoms with Gasteiger partial charge in [-0.25, -0.2) is 9.59 Å². The van der Waals surface area contributed by atoms with Crippen molar-refractivity contribution in [1.82, 2.24) is 0 Å². The second-order valence-electron chi connectivity index (χ2n) is 41.0. The van der Waals surface area contributed by atoms with Crippen molar-refractivity contribution in [2.75, 3.05) is 61.7 Å². The number of amides is 4. The molecule has 0 aliphatic carbocycles. The average Bonchev–Trinajstić information content (AvgIpc) is 0.768. The highest BCUT2D eigenvalue weighted by atomic mass is 16.7. The lowest BCUT2D eigenvalue weighted by Gasteiger charge is -2.40. The molecule has 0 fully saturated rings. The smallest absolute Gasteiger partial charge is 0.414 e. The number of benzene rings is 10. The van der Waals surface area contributed by atoms with E-state index in [0.29, 0.717) is 66.6 Å². The summed E-state index contributed by atoms with van der Waals surface area (Å²) in [5.74, 6) is 2.64. The van der Waals surface area contributed by atoms with Gasteiger partial charge in [-0.05, 0) is 280 Å². The Hall–Kier alpha value is -11.3. The van der Waals surface area contributed by atoms with Crippen LogP contribution < -0.4 is 40.2 Å². The van der Waals surface area contributed by atoms with Crippen molar-refractivity contribution < 1.29 is 68.0 Å². The number of anilines is 4. The summed E-state index contributed by atoms with van der Waals surface area (Å²) in [6.45, 7) is 50.4. The van der Waals surface area contributed by atoms with Gasteiger partial charge in [0.2, 0.25) is 19.6 Å². The number of aliphatic hydroxyl groups is 4. The minimum Gasteiger partial charge on any atom is -0.468 e. The molecule has 10 aromatic carbocycles. The molecule has 0 aliphatic heterocycles. The van der Waals surface area contributed by atoms with Crippen LogP contribution in [0.1, 0.15) is 269 Å². The maximum absolute atomic E-state index is 12.5. The molecular weight excluding hydrogens is 1600 g/mol. The second kappa shape index (κ2) is 44.6. The van der Waals surface area contributed by atoms with E-state index in [1.54, 1.807) is 0 Å². The van der Waals surface area contributed by atoms with Crippen LogP contribution in [-0.4, -0.2) is 85.8 Å². The van der Waals surface area contributed by atoms with Crippen molar-refractivity contribution in [3.8, 4) is 23.0 Å². The summed E-state index contributed by atoms with van der Waals surface area (Å²) in [6.07, 6.45) is 6.76.